The first-order chi connectivity index (χ1) is 15.3. The largest absolute Gasteiger partial charge is 0.383 e. The summed E-state index contributed by atoms with van der Waals surface area (Å²) in [5.74, 6) is -1.64. The fourth-order valence-electron chi connectivity index (χ4n) is 3.04. The summed E-state index contributed by atoms with van der Waals surface area (Å²) in [6.07, 6.45) is 0.523. The first-order valence-electron chi connectivity index (χ1n) is 9.76. The highest BCUT2D eigenvalue weighted by Crippen LogP contribution is 2.27. The summed E-state index contributed by atoms with van der Waals surface area (Å²) in [7, 11) is 0. The highest BCUT2D eigenvalue weighted by molar-refractivity contribution is 7.15. The van der Waals surface area contributed by atoms with Gasteiger partial charge in [0, 0.05) is 24.0 Å². The van der Waals surface area contributed by atoms with Crippen molar-refractivity contribution < 1.29 is 14.7 Å². The number of aromatic nitrogens is 1. The Hall–Kier alpha value is -2.65. The number of hydrogen-bond acceptors (Lipinski definition) is 6. The van der Waals surface area contributed by atoms with Gasteiger partial charge in [0.25, 0.3) is 0 Å². The van der Waals surface area contributed by atoms with E-state index in [0.717, 1.165) is 10.4 Å². The number of halogens is 2. The van der Waals surface area contributed by atoms with Gasteiger partial charge in [-0.1, -0.05) is 59.6 Å². The van der Waals surface area contributed by atoms with Gasteiger partial charge in [0.2, 0.25) is 11.8 Å². The standard InChI is InChI=1S/C22H22Cl2N4O3S/c23-17-7-6-14(9-18(17)24)16(20(30)26-10-15-11-28-22(25)32-15)12-27-21(31)19(29)8-13-4-2-1-3-5-13/h1-7,9,11,16,19,29H,8,10,12H2,(H2,25,28)(H,26,30)(H,27,31)/t16-,19+/m0/s1. The molecule has 0 spiro atoms. The molecule has 7 nitrogen and oxygen atoms in total. The molecule has 0 bridgehead atoms. The van der Waals surface area contributed by atoms with Gasteiger partial charge >= 0.3 is 0 Å². The molecule has 2 amide bonds. The van der Waals surface area contributed by atoms with Gasteiger partial charge in [-0.05, 0) is 23.3 Å². The molecule has 1 aromatic heterocycles. The van der Waals surface area contributed by atoms with Crippen molar-refractivity contribution in [3.8, 4) is 0 Å². The van der Waals surface area contributed by atoms with E-state index < -0.39 is 17.9 Å². The lowest BCUT2D eigenvalue weighted by Crippen LogP contribution is -2.41. The van der Waals surface area contributed by atoms with Gasteiger partial charge in [0.1, 0.15) is 6.10 Å². The molecule has 10 heteroatoms. The summed E-state index contributed by atoms with van der Waals surface area (Å²) in [6, 6.07) is 14.0. The van der Waals surface area contributed by atoms with Crippen LogP contribution in [0.5, 0.6) is 0 Å². The van der Waals surface area contributed by atoms with Crippen LogP contribution < -0.4 is 16.4 Å². The minimum atomic E-state index is -1.24. The topological polar surface area (TPSA) is 117 Å². The number of nitrogen functional groups attached to an aromatic ring is 1. The number of nitrogens with zero attached hydrogens (tertiary/aromatic N) is 1. The first kappa shape index (κ1) is 24.0. The van der Waals surface area contributed by atoms with E-state index in [9.17, 15) is 14.7 Å². The van der Waals surface area contributed by atoms with Crippen LogP contribution in [0.4, 0.5) is 5.13 Å². The number of hydrogen-bond donors (Lipinski definition) is 4. The third-order valence-corrected chi connectivity index (χ3v) is 6.29. The lowest BCUT2D eigenvalue weighted by atomic mass is 9.97. The van der Waals surface area contributed by atoms with E-state index in [1.807, 2.05) is 30.3 Å². The van der Waals surface area contributed by atoms with Gasteiger partial charge in [-0.25, -0.2) is 4.98 Å². The number of amides is 2. The lowest BCUT2D eigenvalue weighted by Gasteiger charge is -2.19. The maximum Gasteiger partial charge on any atom is 0.249 e. The Morgan fingerprint density at radius 3 is 2.47 bits per heavy atom. The molecular formula is C22H22Cl2N4O3S. The van der Waals surface area contributed by atoms with E-state index in [4.69, 9.17) is 28.9 Å². The zero-order valence-electron chi connectivity index (χ0n) is 16.9. The summed E-state index contributed by atoms with van der Waals surface area (Å²) in [5.41, 5.74) is 7.04. The Morgan fingerprint density at radius 2 is 1.81 bits per heavy atom. The number of nitrogens with one attached hydrogen (secondary N) is 2. The van der Waals surface area contributed by atoms with E-state index >= 15 is 0 Å². The second-order valence-electron chi connectivity index (χ2n) is 7.06. The molecule has 0 saturated carbocycles. The molecule has 0 aliphatic heterocycles. The molecule has 2 atom stereocenters. The molecule has 1 heterocycles. The van der Waals surface area contributed by atoms with Gasteiger partial charge in [0.05, 0.1) is 22.5 Å². The first-order valence-corrected chi connectivity index (χ1v) is 11.3. The minimum absolute atomic E-state index is 0.0285. The van der Waals surface area contributed by atoms with E-state index in [-0.39, 0.29) is 25.4 Å². The number of aliphatic hydroxyl groups excluding tert-OH is 1. The molecule has 32 heavy (non-hydrogen) atoms. The van der Waals surface area contributed by atoms with E-state index in [1.54, 1.807) is 24.4 Å². The Kier molecular flexibility index (Phi) is 8.46. The van der Waals surface area contributed by atoms with Crippen molar-refractivity contribution in [1.29, 1.82) is 0 Å². The molecule has 3 aromatic rings. The van der Waals surface area contributed by atoms with Crippen molar-refractivity contribution >= 4 is 51.5 Å². The van der Waals surface area contributed by atoms with E-state index in [2.05, 4.69) is 15.6 Å². The van der Waals surface area contributed by atoms with Crippen LogP contribution in [-0.2, 0) is 22.6 Å². The number of nitrogens with two attached hydrogens (primary N) is 1. The zero-order chi connectivity index (χ0) is 23.1. The van der Waals surface area contributed by atoms with Crippen LogP contribution in [0.3, 0.4) is 0 Å². The maximum atomic E-state index is 12.9. The van der Waals surface area contributed by atoms with Crippen molar-refractivity contribution in [2.24, 2.45) is 0 Å². The van der Waals surface area contributed by atoms with Crippen LogP contribution in [0.25, 0.3) is 0 Å². The Bertz CT molecular complexity index is 1080. The van der Waals surface area contributed by atoms with Crippen LogP contribution in [0, 0.1) is 0 Å². The van der Waals surface area contributed by atoms with Crippen molar-refractivity contribution in [2.45, 2.75) is 25.0 Å². The highest BCUT2D eigenvalue weighted by Gasteiger charge is 2.24. The molecule has 2 aromatic carbocycles. The fraction of sp³-hybridized carbons (Fsp3) is 0.227. The second-order valence-corrected chi connectivity index (χ2v) is 9.02. The molecule has 0 unspecified atom stereocenters. The van der Waals surface area contributed by atoms with Gasteiger partial charge in [-0.15, -0.1) is 11.3 Å². The maximum absolute atomic E-state index is 12.9. The van der Waals surface area contributed by atoms with Crippen LogP contribution >= 0.6 is 34.5 Å². The van der Waals surface area contributed by atoms with Gasteiger partial charge < -0.3 is 21.5 Å². The van der Waals surface area contributed by atoms with Crippen LogP contribution in [0.1, 0.15) is 21.9 Å². The summed E-state index contributed by atoms with van der Waals surface area (Å²) < 4.78 is 0. The predicted octanol–water partition coefficient (Wildman–Crippen LogP) is 3.15. The minimum Gasteiger partial charge on any atom is -0.383 e. The van der Waals surface area contributed by atoms with Crippen molar-refractivity contribution in [1.82, 2.24) is 15.6 Å². The highest BCUT2D eigenvalue weighted by atomic mass is 35.5. The Balaban J connectivity index is 1.67. The van der Waals surface area contributed by atoms with Gasteiger partial charge in [-0.2, -0.15) is 0 Å². The number of anilines is 1. The second kappa shape index (κ2) is 11.3. The van der Waals surface area contributed by atoms with Gasteiger partial charge in [-0.3, -0.25) is 9.59 Å². The van der Waals surface area contributed by atoms with Gasteiger partial charge in [0.15, 0.2) is 5.13 Å². The summed E-state index contributed by atoms with van der Waals surface area (Å²) in [5, 5.41) is 16.8. The SMILES string of the molecule is Nc1ncc(CNC(=O)[C@@H](CNC(=O)[C@H](O)Cc2ccccc2)c2ccc(Cl)c(Cl)c2)s1. The number of aliphatic hydroxyl groups is 1. The van der Waals surface area contributed by atoms with Crippen LogP contribution in [-0.4, -0.2) is 34.6 Å². The smallest absolute Gasteiger partial charge is 0.249 e. The Labute approximate surface area is 199 Å². The third kappa shape index (κ3) is 6.67. The number of benzene rings is 2. The van der Waals surface area contributed by atoms with Crippen molar-refractivity contribution in [3.63, 3.8) is 0 Å². The average molecular weight is 493 g/mol. The molecule has 0 aliphatic rings. The molecule has 168 valence electrons. The molecule has 0 radical (unpaired) electrons. The summed E-state index contributed by atoms with van der Waals surface area (Å²) in [4.78, 5) is 30.2. The van der Waals surface area contributed by atoms with E-state index in [1.165, 1.54) is 11.3 Å². The lowest BCUT2D eigenvalue weighted by molar-refractivity contribution is -0.129. The Morgan fingerprint density at radius 1 is 1.06 bits per heavy atom. The summed E-state index contributed by atoms with van der Waals surface area (Å²) >= 11 is 13.4. The molecule has 3 rings (SSSR count). The molecule has 0 saturated heterocycles. The van der Waals surface area contributed by atoms with E-state index in [0.29, 0.717) is 20.7 Å². The average Bonchev–Trinajstić information content (AvgIpc) is 3.20. The number of rotatable bonds is 9. The normalized spacial score (nSPS) is 12.7. The molecule has 0 fully saturated rings. The fourth-order valence-corrected chi connectivity index (χ4v) is 3.97. The van der Waals surface area contributed by atoms with Crippen LogP contribution in [0.15, 0.2) is 54.7 Å². The van der Waals surface area contributed by atoms with Crippen molar-refractivity contribution in [3.05, 3.63) is 80.8 Å². The van der Waals surface area contributed by atoms with Crippen LogP contribution in [0.2, 0.25) is 10.0 Å². The number of carbonyl (C=O) groups is 2. The third-order valence-electron chi connectivity index (χ3n) is 4.73. The molecule has 0 aliphatic carbocycles. The quantitative estimate of drug-likeness (QED) is 0.366. The number of carbonyl (C=O) groups excluding carboxylic acids is 2. The monoisotopic (exact) mass is 492 g/mol. The zero-order valence-corrected chi connectivity index (χ0v) is 19.3. The summed E-state index contributed by atoms with van der Waals surface area (Å²) in [6.45, 7) is 0.218. The molecular weight excluding hydrogens is 471 g/mol. The number of thiazole rings is 1. The van der Waals surface area contributed by atoms with Crippen molar-refractivity contribution in [2.75, 3.05) is 12.3 Å². The molecule has 5 N–H and O–H groups in total. The predicted molar refractivity (Wildman–Crippen MR) is 127 cm³/mol.